The zero-order valence-electron chi connectivity index (χ0n) is 10.7. The van der Waals surface area contributed by atoms with Gasteiger partial charge < -0.3 is 10.1 Å². The van der Waals surface area contributed by atoms with E-state index < -0.39 is 0 Å². The van der Waals surface area contributed by atoms with Crippen molar-refractivity contribution in [2.24, 2.45) is 0 Å². The highest BCUT2D eigenvalue weighted by atomic mass is 35.5. The Hall–Kier alpha value is -1.74. The molecule has 100 valence electrons. The van der Waals surface area contributed by atoms with Gasteiger partial charge in [-0.2, -0.15) is 0 Å². The maximum Gasteiger partial charge on any atom is 0.244 e. The lowest BCUT2D eigenvalue weighted by Crippen LogP contribution is -2.30. The van der Waals surface area contributed by atoms with E-state index in [-0.39, 0.29) is 11.9 Å². The van der Waals surface area contributed by atoms with Crippen LogP contribution in [0.25, 0.3) is 0 Å². The highest BCUT2D eigenvalue weighted by Gasteiger charge is 2.22. The van der Waals surface area contributed by atoms with E-state index in [4.69, 9.17) is 16.3 Å². The number of carbonyl (C=O) groups is 1. The van der Waals surface area contributed by atoms with Gasteiger partial charge in [-0.3, -0.25) is 4.79 Å². The molecular formula is C15H16ClNO2. The SMILES string of the molecule is C/C=C/C=C/C(=O)NC1CCOc2ccc(Cl)cc21. The Bertz CT molecular complexity index is 523. The van der Waals surface area contributed by atoms with Crippen LogP contribution in [0.3, 0.4) is 0 Å². The van der Waals surface area contributed by atoms with E-state index >= 15 is 0 Å². The van der Waals surface area contributed by atoms with Crippen LogP contribution in [0.4, 0.5) is 0 Å². The molecule has 2 rings (SSSR count). The van der Waals surface area contributed by atoms with E-state index in [2.05, 4.69) is 5.32 Å². The van der Waals surface area contributed by atoms with Crippen LogP contribution in [-0.4, -0.2) is 12.5 Å². The molecule has 1 unspecified atom stereocenters. The van der Waals surface area contributed by atoms with Crippen LogP contribution in [0.15, 0.2) is 42.5 Å². The third-order valence-corrected chi connectivity index (χ3v) is 3.11. The molecule has 0 aliphatic carbocycles. The Morgan fingerprint density at radius 3 is 3.11 bits per heavy atom. The lowest BCUT2D eigenvalue weighted by molar-refractivity contribution is -0.117. The van der Waals surface area contributed by atoms with Crippen LogP contribution in [0.2, 0.25) is 5.02 Å². The number of hydrogen-bond acceptors (Lipinski definition) is 2. The van der Waals surface area contributed by atoms with Gasteiger partial charge in [0.15, 0.2) is 0 Å². The minimum atomic E-state index is -0.115. The van der Waals surface area contributed by atoms with Gasteiger partial charge in [-0.1, -0.05) is 29.8 Å². The maximum atomic E-state index is 11.8. The molecule has 0 aromatic heterocycles. The molecule has 1 heterocycles. The number of allylic oxidation sites excluding steroid dienone is 3. The normalized spacial score (nSPS) is 18.3. The number of fused-ring (bicyclic) bond motifs is 1. The van der Waals surface area contributed by atoms with E-state index in [1.54, 1.807) is 12.1 Å². The molecule has 4 heteroatoms. The van der Waals surface area contributed by atoms with Gasteiger partial charge >= 0.3 is 0 Å². The number of hydrogen-bond donors (Lipinski definition) is 1. The van der Waals surface area contributed by atoms with Crippen LogP contribution in [-0.2, 0) is 4.79 Å². The van der Waals surface area contributed by atoms with Gasteiger partial charge in [0.05, 0.1) is 12.6 Å². The summed E-state index contributed by atoms with van der Waals surface area (Å²) in [7, 11) is 0. The summed E-state index contributed by atoms with van der Waals surface area (Å²) in [5.74, 6) is 0.675. The monoisotopic (exact) mass is 277 g/mol. The Balaban J connectivity index is 2.11. The Morgan fingerprint density at radius 2 is 2.32 bits per heavy atom. The first-order chi connectivity index (χ1) is 9.20. The summed E-state index contributed by atoms with van der Waals surface area (Å²) < 4.78 is 5.55. The Kier molecular flexibility index (Phi) is 4.63. The summed E-state index contributed by atoms with van der Waals surface area (Å²) in [6, 6.07) is 5.42. The molecule has 1 N–H and O–H groups in total. The van der Waals surface area contributed by atoms with Crippen LogP contribution >= 0.6 is 11.6 Å². The highest BCUT2D eigenvalue weighted by Crippen LogP contribution is 2.33. The van der Waals surface area contributed by atoms with Gasteiger partial charge in [-0.05, 0) is 25.1 Å². The smallest absolute Gasteiger partial charge is 0.244 e. The molecule has 0 spiro atoms. The van der Waals surface area contributed by atoms with Gasteiger partial charge in [0.2, 0.25) is 5.91 Å². The largest absolute Gasteiger partial charge is 0.493 e. The zero-order valence-corrected chi connectivity index (χ0v) is 11.5. The number of benzene rings is 1. The fraction of sp³-hybridized carbons (Fsp3) is 0.267. The average Bonchev–Trinajstić information content (AvgIpc) is 2.40. The predicted molar refractivity (Wildman–Crippen MR) is 76.4 cm³/mol. The molecule has 1 aromatic rings. The van der Waals surface area contributed by atoms with Gasteiger partial charge in [0.25, 0.3) is 0 Å². The maximum absolute atomic E-state index is 11.8. The summed E-state index contributed by atoms with van der Waals surface area (Å²) in [6.45, 7) is 2.50. The third-order valence-electron chi connectivity index (χ3n) is 2.88. The molecule has 0 fully saturated rings. The van der Waals surface area contributed by atoms with Gasteiger partial charge in [0.1, 0.15) is 5.75 Å². The molecule has 1 atom stereocenters. The van der Waals surface area contributed by atoms with Gasteiger partial charge in [-0.15, -0.1) is 0 Å². The first-order valence-corrected chi connectivity index (χ1v) is 6.60. The molecular weight excluding hydrogens is 262 g/mol. The van der Waals surface area contributed by atoms with Crippen LogP contribution < -0.4 is 10.1 Å². The van der Waals surface area contributed by atoms with Gasteiger partial charge in [0, 0.05) is 23.1 Å². The lowest BCUT2D eigenvalue weighted by atomic mass is 10.0. The van der Waals surface area contributed by atoms with Crippen molar-refractivity contribution in [2.45, 2.75) is 19.4 Å². The molecule has 0 bridgehead atoms. The second-order valence-electron chi connectivity index (χ2n) is 4.27. The molecule has 1 aliphatic rings. The van der Waals surface area contributed by atoms with Crippen molar-refractivity contribution in [2.75, 3.05) is 6.61 Å². The Labute approximate surface area is 117 Å². The average molecular weight is 278 g/mol. The van der Waals surface area contributed by atoms with E-state index in [9.17, 15) is 4.79 Å². The van der Waals surface area contributed by atoms with Crippen molar-refractivity contribution in [1.82, 2.24) is 5.32 Å². The number of nitrogens with one attached hydrogen (secondary N) is 1. The number of ether oxygens (including phenoxy) is 1. The minimum absolute atomic E-state index is 0.0507. The highest BCUT2D eigenvalue weighted by molar-refractivity contribution is 6.30. The van der Waals surface area contributed by atoms with E-state index in [1.165, 1.54) is 6.08 Å². The van der Waals surface area contributed by atoms with Crippen molar-refractivity contribution in [1.29, 1.82) is 0 Å². The summed E-state index contributed by atoms with van der Waals surface area (Å²) in [5, 5.41) is 3.61. The molecule has 0 saturated carbocycles. The fourth-order valence-corrected chi connectivity index (χ4v) is 2.17. The van der Waals surface area contributed by atoms with E-state index in [0.29, 0.717) is 11.6 Å². The molecule has 1 aliphatic heterocycles. The van der Waals surface area contributed by atoms with Crippen LogP contribution in [0.5, 0.6) is 5.75 Å². The summed E-state index contributed by atoms with van der Waals surface area (Å²) in [6.07, 6.45) is 7.66. The molecule has 3 nitrogen and oxygen atoms in total. The number of amides is 1. The molecule has 19 heavy (non-hydrogen) atoms. The minimum Gasteiger partial charge on any atom is -0.493 e. The lowest BCUT2D eigenvalue weighted by Gasteiger charge is -2.26. The summed E-state index contributed by atoms with van der Waals surface area (Å²) in [4.78, 5) is 11.8. The number of rotatable bonds is 3. The first-order valence-electron chi connectivity index (χ1n) is 6.23. The second-order valence-corrected chi connectivity index (χ2v) is 4.70. The second kappa shape index (κ2) is 6.43. The topological polar surface area (TPSA) is 38.3 Å². The first kappa shape index (κ1) is 13.7. The standard InChI is InChI=1S/C15H16ClNO2/c1-2-3-4-5-15(18)17-13-8-9-19-14-7-6-11(16)10-12(13)14/h2-7,10,13H,8-9H2,1H3,(H,17,18)/b3-2+,5-4+. The predicted octanol–water partition coefficient (Wildman–Crippen LogP) is 3.41. The van der Waals surface area contributed by atoms with Crippen molar-refractivity contribution in [3.05, 3.63) is 53.1 Å². The Morgan fingerprint density at radius 1 is 1.47 bits per heavy atom. The summed E-state index contributed by atoms with van der Waals surface area (Å²) in [5.41, 5.74) is 0.937. The zero-order chi connectivity index (χ0) is 13.7. The summed E-state index contributed by atoms with van der Waals surface area (Å²) >= 11 is 5.99. The van der Waals surface area contributed by atoms with Crippen LogP contribution in [0.1, 0.15) is 24.9 Å². The van der Waals surface area contributed by atoms with Crippen molar-refractivity contribution in [3.63, 3.8) is 0 Å². The molecule has 1 aromatic carbocycles. The number of halogens is 1. The third kappa shape index (κ3) is 3.61. The molecule has 0 radical (unpaired) electrons. The van der Waals surface area contributed by atoms with E-state index in [0.717, 1.165) is 17.7 Å². The van der Waals surface area contributed by atoms with Crippen LogP contribution in [0, 0.1) is 0 Å². The van der Waals surface area contributed by atoms with Crippen molar-refractivity contribution in [3.8, 4) is 5.75 Å². The number of carbonyl (C=O) groups excluding carboxylic acids is 1. The van der Waals surface area contributed by atoms with Gasteiger partial charge in [-0.25, -0.2) is 0 Å². The molecule has 0 saturated heterocycles. The van der Waals surface area contributed by atoms with Crippen molar-refractivity contribution < 1.29 is 9.53 Å². The van der Waals surface area contributed by atoms with E-state index in [1.807, 2.05) is 31.2 Å². The molecule has 1 amide bonds. The fourth-order valence-electron chi connectivity index (χ4n) is 1.99. The van der Waals surface area contributed by atoms with Crippen molar-refractivity contribution >= 4 is 17.5 Å². The quantitative estimate of drug-likeness (QED) is 0.679.